The van der Waals surface area contributed by atoms with E-state index in [1.54, 1.807) is 11.3 Å². The van der Waals surface area contributed by atoms with Crippen molar-refractivity contribution in [2.24, 2.45) is 5.92 Å². The highest BCUT2D eigenvalue weighted by Crippen LogP contribution is 2.41. The minimum atomic E-state index is 0.798. The monoisotopic (exact) mass is 229 g/mol. The highest BCUT2D eigenvalue weighted by molar-refractivity contribution is 7.17. The van der Waals surface area contributed by atoms with Crippen LogP contribution in [-0.4, -0.2) is 0 Å². The second kappa shape index (κ2) is 4.11. The van der Waals surface area contributed by atoms with Gasteiger partial charge in [-0.2, -0.15) is 0 Å². The fourth-order valence-corrected chi connectivity index (χ4v) is 3.80. The molecular weight excluding hydrogens is 214 g/mol. The van der Waals surface area contributed by atoms with Gasteiger partial charge in [0.05, 0.1) is 5.69 Å². The summed E-state index contributed by atoms with van der Waals surface area (Å²) in [5.74, 6) is 0.863. The van der Waals surface area contributed by atoms with Crippen LogP contribution in [-0.2, 0) is 12.8 Å². The van der Waals surface area contributed by atoms with Gasteiger partial charge in [-0.15, -0.1) is 11.3 Å². The third kappa shape index (κ3) is 1.78. The molecule has 0 saturated carbocycles. The molecular formula is C11H16ClNS. The fourth-order valence-electron chi connectivity index (χ4n) is 2.30. The summed E-state index contributed by atoms with van der Waals surface area (Å²) in [6.07, 6.45) is 6.25. The van der Waals surface area contributed by atoms with Crippen molar-refractivity contribution in [2.75, 3.05) is 5.73 Å². The molecule has 0 amide bonds. The van der Waals surface area contributed by atoms with Gasteiger partial charge >= 0.3 is 0 Å². The summed E-state index contributed by atoms with van der Waals surface area (Å²) in [7, 11) is 0. The van der Waals surface area contributed by atoms with Crippen LogP contribution in [0.3, 0.4) is 0 Å². The van der Waals surface area contributed by atoms with Crippen molar-refractivity contribution in [2.45, 2.75) is 39.0 Å². The van der Waals surface area contributed by atoms with Gasteiger partial charge in [-0.05, 0) is 30.7 Å². The maximum Gasteiger partial charge on any atom is 0.116 e. The fraction of sp³-hybridized carbons (Fsp3) is 0.636. The highest BCUT2D eigenvalue weighted by Gasteiger charge is 2.23. The van der Waals surface area contributed by atoms with E-state index in [1.807, 2.05) is 0 Å². The van der Waals surface area contributed by atoms with Gasteiger partial charge in [0.15, 0.2) is 0 Å². The van der Waals surface area contributed by atoms with Crippen LogP contribution in [0.1, 0.15) is 36.6 Å². The summed E-state index contributed by atoms with van der Waals surface area (Å²) in [5, 5.41) is 0. The third-order valence-electron chi connectivity index (χ3n) is 3.06. The molecule has 0 spiro atoms. The van der Waals surface area contributed by atoms with Crippen LogP contribution in [0, 0.1) is 5.92 Å². The zero-order valence-electron chi connectivity index (χ0n) is 8.48. The van der Waals surface area contributed by atoms with E-state index >= 15 is 0 Å². The lowest BCUT2D eigenvalue weighted by Crippen LogP contribution is -2.12. The first kappa shape index (κ1) is 10.3. The normalized spacial score (nSPS) is 20.9. The van der Waals surface area contributed by atoms with Crippen LogP contribution in [0.15, 0.2) is 0 Å². The Labute approximate surface area is 94.3 Å². The number of fused-ring (bicyclic) bond motifs is 1. The number of nitrogen functional groups attached to an aromatic ring is 1. The molecule has 78 valence electrons. The van der Waals surface area contributed by atoms with Crippen molar-refractivity contribution in [1.29, 1.82) is 0 Å². The van der Waals surface area contributed by atoms with Crippen molar-refractivity contribution in [3.05, 3.63) is 14.8 Å². The average Bonchev–Trinajstić information content (AvgIpc) is 2.43. The Morgan fingerprint density at radius 3 is 3.07 bits per heavy atom. The first-order chi connectivity index (χ1) is 6.72. The summed E-state index contributed by atoms with van der Waals surface area (Å²) >= 11 is 7.72. The van der Waals surface area contributed by atoms with Gasteiger partial charge in [-0.1, -0.05) is 31.4 Å². The maximum atomic E-state index is 6.04. The second-order valence-electron chi connectivity index (χ2n) is 4.09. The van der Waals surface area contributed by atoms with Crippen molar-refractivity contribution < 1.29 is 0 Å². The number of halogens is 1. The minimum Gasteiger partial charge on any atom is -0.397 e. The van der Waals surface area contributed by atoms with Crippen molar-refractivity contribution in [1.82, 2.24) is 0 Å². The Kier molecular flexibility index (Phi) is 3.03. The predicted octanol–water partition coefficient (Wildman–Crippen LogP) is 3.89. The van der Waals surface area contributed by atoms with Gasteiger partial charge in [0.1, 0.15) is 4.34 Å². The Balaban J connectivity index is 2.19. The molecule has 0 aliphatic heterocycles. The summed E-state index contributed by atoms with van der Waals surface area (Å²) in [5.41, 5.74) is 8.11. The topological polar surface area (TPSA) is 26.0 Å². The van der Waals surface area contributed by atoms with Crippen LogP contribution in [0.4, 0.5) is 5.69 Å². The smallest absolute Gasteiger partial charge is 0.116 e. The number of hydrogen-bond donors (Lipinski definition) is 1. The van der Waals surface area contributed by atoms with E-state index < -0.39 is 0 Å². The molecule has 1 aromatic rings. The largest absolute Gasteiger partial charge is 0.397 e. The molecule has 1 aromatic heterocycles. The quantitative estimate of drug-likeness (QED) is 0.818. The van der Waals surface area contributed by atoms with Gasteiger partial charge < -0.3 is 5.73 Å². The van der Waals surface area contributed by atoms with Crippen LogP contribution < -0.4 is 5.73 Å². The Morgan fingerprint density at radius 1 is 1.57 bits per heavy atom. The van der Waals surface area contributed by atoms with Crippen molar-refractivity contribution >= 4 is 28.6 Å². The van der Waals surface area contributed by atoms with Gasteiger partial charge in [0.2, 0.25) is 0 Å². The molecule has 0 aromatic carbocycles. The molecule has 2 N–H and O–H groups in total. The van der Waals surface area contributed by atoms with E-state index in [1.165, 1.54) is 36.1 Å². The van der Waals surface area contributed by atoms with Crippen LogP contribution >= 0.6 is 22.9 Å². The molecule has 0 fully saturated rings. The van der Waals surface area contributed by atoms with Crippen LogP contribution in [0.5, 0.6) is 0 Å². The number of nitrogens with two attached hydrogens (primary N) is 1. The van der Waals surface area contributed by atoms with Crippen molar-refractivity contribution in [3.8, 4) is 0 Å². The van der Waals surface area contributed by atoms with Gasteiger partial charge in [0, 0.05) is 4.88 Å². The highest BCUT2D eigenvalue weighted by atomic mass is 35.5. The molecule has 1 aliphatic carbocycles. The predicted molar refractivity (Wildman–Crippen MR) is 64.2 cm³/mol. The molecule has 0 radical (unpaired) electrons. The Bertz CT molecular complexity index is 332. The summed E-state index contributed by atoms with van der Waals surface area (Å²) in [4.78, 5) is 1.44. The zero-order valence-corrected chi connectivity index (χ0v) is 10.0. The average molecular weight is 230 g/mol. The lowest BCUT2D eigenvalue weighted by atomic mass is 9.86. The number of hydrogen-bond acceptors (Lipinski definition) is 2. The first-order valence-electron chi connectivity index (χ1n) is 5.27. The molecule has 1 atom stereocenters. The molecule has 3 heteroatoms. The lowest BCUT2D eigenvalue weighted by molar-refractivity contribution is 0.428. The minimum absolute atomic E-state index is 0.798. The molecule has 0 bridgehead atoms. The molecule has 14 heavy (non-hydrogen) atoms. The zero-order chi connectivity index (χ0) is 10.1. The van der Waals surface area contributed by atoms with E-state index in [9.17, 15) is 0 Å². The lowest BCUT2D eigenvalue weighted by Gasteiger charge is -2.21. The molecule has 1 nitrogen and oxygen atoms in total. The van der Waals surface area contributed by atoms with Crippen LogP contribution in [0.25, 0.3) is 0 Å². The van der Waals surface area contributed by atoms with E-state index in [0.717, 1.165) is 22.4 Å². The van der Waals surface area contributed by atoms with Gasteiger partial charge in [-0.25, -0.2) is 0 Å². The summed E-state index contributed by atoms with van der Waals surface area (Å²) < 4.78 is 0.798. The molecule has 1 aliphatic rings. The van der Waals surface area contributed by atoms with Crippen molar-refractivity contribution in [3.63, 3.8) is 0 Å². The van der Waals surface area contributed by atoms with Gasteiger partial charge in [-0.3, -0.25) is 0 Å². The van der Waals surface area contributed by atoms with Crippen LogP contribution in [0.2, 0.25) is 4.34 Å². The number of anilines is 1. The molecule has 0 saturated heterocycles. The number of thiophene rings is 1. The maximum absolute atomic E-state index is 6.04. The van der Waals surface area contributed by atoms with E-state index in [0.29, 0.717) is 0 Å². The molecule has 1 heterocycles. The summed E-state index contributed by atoms with van der Waals surface area (Å²) in [6, 6.07) is 0. The molecule has 1 unspecified atom stereocenters. The van der Waals surface area contributed by atoms with Gasteiger partial charge in [0.25, 0.3) is 0 Å². The Hall–Kier alpha value is -0.210. The second-order valence-corrected chi connectivity index (χ2v) is 5.80. The SMILES string of the molecule is CCCC1CCc2c(sc(Cl)c2N)C1. The first-order valence-corrected chi connectivity index (χ1v) is 6.47. The molecule has 2 rings (SSSR count). The number of rotatable bonds is 2. The summed E-state index contributed by atoms with van der Waals surface area (Å²) in [6.45, 7) is 2.26. The third-order valence-corrected chi connectivity index (χ3v) is 4.55. The van der Waals surface area contributed by atoms with E-state index in [-0.39, 0.29) is 0 Å². The van der Waals surface area contributed by atoms with E-state index in [2.05, 4.69) is 6.92 Å². The standard InChI is InChI=1S/C11H16ClNS/c1-2-3-7-4-5-8-9(6-7)14-11(12)10(8)13/h7H,2-6,13H2,1H3. The Morgan fingerprint density at radius 2 is 2.36 bits per heavy atom. The van der Waals surface area contributed by atoms with E-state index in [4.69, 9.17) is 17.3 Å².